The molecule has 2 rings (SSSR count). The zero-order valence-electron chi connectivity index (χ0n) is 8.48. The van der Waals surface area contributed by atoms with Crippen LogP contribution in [-0.2, 0) is 11.3 Å². The van der Waals surface area contributed by atoms with E-state index in [1.165, 1.54) is 6.07 Å². The number of aryl methyl sites for hydroxylation is 1. The van der Waals surface area contributed by atoms with E-state index in [1.807, 2.05) is 0 Å². The first kappa shape index (κ1) is 10.4. The summed E-state index contributed by atoms with van der Waals surface area (Å²) in [7, 11) is 0. The van der Waals surface area contributed by atoms with Crippen molar-refractivity contribution in [3.05, 3.63) is 24.0 Å². The first-order valence-corrected chi connectivity index (χ1v) is 4.78. The number of nitrogens with two attached hydrogens (primary N) is 2. The molecule has 0 bridgehead atoms. The summed E-state index contributed by atoms with van der Waals surface area (Å²) < 4.78 is 14.9. The molecule has 0 aliphatic rings. The minimum absolute atomic E-state index is 0.145. The van der Waals surface area contributed by atoms with Crippen molar-refractivity contribution in [2.24, 2.45) is 5.73 Å². The molecule has 0 atom stereocenters. The molecule has 2 aromatic rings. The van der Waals surface area contributed by atoms with Crippen LogP contribution in [0.1, 0.15) is 6.42 Å². The van der Waals surface area contributed by atoms with Gasteiger partial charge in [-0.1, -0.05) is 6.07 Å². The molecular weight excluding hydrogens is 211 g/mol. The molecule has 1 amide bonds. The van der Waals surface area contributed by atoms with Crippen LogP contribution in [0.15, 0.2) is 18.2 Å². The maximum Gasteiger partial charge on any atom is 0.219 e. The largest absolute Gasteiger partial charge is 0.370 e. The van der Waals surface area contributed by atoms with Crippen molar-refractivity contribution in [2.75, 3.05) is 5.73 Å². The molecule has 0 aliphatic heterocycles. The molecule has 1 heterocycles. The van der Waals surface area contributed by atoms with Gasteiger partial charge in [-0.2, -0.15) is 0 Å². The van der Waals surface area contributed by atoms with Gasteiger partial charge in [0.05, 0.1) is 5.52 Å². The van der Waals surface area contributed by atoms with E-state index < -0.39 is 11.7 Å². The Morgan fingerprint density at radius 2 is 2.25 bits per heavy atom. The molecule has 0 saturated carbocycles. The van der Waals surface area contributed by atoms with Crippen LogP contribution >= 0.6 is 0 Å². The molecule has 5 nitrogen and oxygen atoms in total. The quantitative estimate of drug-likeness (QED) is 0.798. The molecule has 0 unspecified atom stereocenters. The average Bonchev–Trinajstić information content (AvgIpc) is 2.53. The van der Waals surface area contributed by atoms with Gasteiger partial charge in [0.2, 0.25) is 11.9 Å². The lowest BCUT2D eigenvalue weighted by molar-refractivity contribution is -0.118. The summed E-state index contributed by atoms with van der Waals surface area (Å²) in [5, 5.41) is 0. The van der Waals surface area contributed by atoms with Gasteiger partial charge in [-0.25, -0.2) is 9.37 Å². The normalized spacial score (nSPS) is 10.8. The number of fused-ring (bicyclic) bond motifs is 1. The lowest BCUT2D eigenvalue weighted by Crippen LogP contribution is -2.14. The van der Waals surface area contributed by atoms with Crippen LogP contribution < -0.4 is 11.5 Å². The number of nitrogens with zero attached hydrogens (tertiary/aromatic N) is 2. The summed E-state index contributed by atoms with van der Waals surface area (Å²) in [4.78, 5) is 14.6. The summed E-state index contributed by atoms with van der Waals surface area (Å²) in [6.07, 6.45) is 0.145. The van der Waals surface area contributed by atoms with E-state index in [0.29, 0.717) is 12.1 Å². The van der Waals surface area contributed by atoms with Crippen molar-refractivity contribution in [2.45, 2.75) is 13.0 Å². The zero-order valence-corrected chi connectivity index (χ0v) is 8.48. The number of carbonyl (C=O) groups excluding carboxylic acids is 1. The van der Waals surface area contributed by atoms with Crippen LogP contribution in [0.25, 0.3) is 11.0 Å². The first-order valence-electron chi connectivity index (χ1n) is 4.78. The minimum atomic E-state index is -0.433. The number of hydrogen-bond donors (Lipinski definition) is 2. The van der Waals surface area contributed by atoms with E-state index in [1.54, 1.807) is 16.7 Å². The Morgan fingerprint density at radius 1 is 1.50 bits per heavy atom. The zero-order chi connectivity index (χ0) is 11.7. The Labute approximate surface area is 90.9 Å². The Morgan fingerprint density at radius 3 is 2.94 bits per heavy atom. The number of hydrogen-bond acceptors (Lipinski definition) is 3. The van der Waals surface area contributed by atoms with Gasteiger partial charge in [-0.05, 0) is 12.1 Å². The van der Waals surface area contributed by atoms with Crippen molar-refractivity contribution < 1.29 is 9.18 Å². The fourth-order valence-corrected chi connectivity index (χ4v) is 1.59. The fourth-order valence-electron chi connectivity index (χ4n) is 1.59. The number of nitrogen functional groups attached to an aromatic ring is 1. The van der Waals surface area contributed by atoms with E-state index in [2.05, 4.69) is 4.98 Å². The molecule has 84 valence electrons. The predicted molar refractivity (Wildman–Crippen MR) is 57.9 cm³/mol. The highest BCUT2D eigenvalue weighted by atomic mass is 19.1. The third-order valence-electron chi connectivity index (χ3n) is 2.34. The van der Waals surface area contributed by atoms with Gasteiger partial charge in [-0.3, -0.25) is 4.79 Å². The summed E-state index contributed by atoms with van der Waals surface area (Å²) in [5.41, 5.74) is 11.5. The molecular formula is C10H11FN4O. The fraction of sp³-hybridized carbons (Fsp3) is 0.200. The Kier molecular flexibility index (Phi) is 2.47. The maximum absolute atomic E-state index is 13.4. The second kappa shape index (κ2) is 3.80. The van der Waals surface area contributed by atoms with Gasteiger partial charge in [0, 0.05) is 13.0 Å². The summed E-state index contributed by atoms with van der Waals surface area (Å²) in [6.45, 7) is 0.307. The molecule has 1 aromatic carbocycles. The summed E-state index contributed by atoms with van der Waals surface area (Å²) in [6, 6.07) is 4.58. The predicted octanol–water partition coefficient (Wildman–Crippen LogP) is 0.633. The second-order valence-electron chi connectivity index (χ2n) is 3.45. The number of amides is 1. The molecule has 0 spiro atoms. The highest BCUT2D eigenvalue weighted by Gasteiger charge is 2.11. The van der Waals surface area contributed by atoms with Gasteiger partial charge in [0.15, 0.2) is 5.82 Å². The van der Waals surface area contributed by atoms with E-state index in [4.69, 9.17) is 11.5 Å². The molecule has 4 N–H and O–H groups in total. The number of aromatic nitrogens is 2. The molecule has 0 fully saturated rings. The van der Waals surface area contributed by atoms with E-state index >= 15 is 0 Å². The smallest absolute Gasteiger partial charge is 0.219 e. The summed E-state index contributed by atoms with van der Waals surface area (Å²) in [5.74, 6) is -0.680. The number of anilines is 1. The van der Waals surface area contributed by atoms with Crippen molar-refractivity contribution in [3.8, 4) is 0 Å². The number of halogens is 1. The van der Waals surface area contributed by atoms with Gasteiger partial charge in [-0.15, -0.1) is 0 Å². The molecule has 6 heteroatoms. The standard InChI is InChI=1S/C10H11FN4O/c11-6-2-1-3-7-9(6)14-10(13)15(7)5-4-8(12)16/h1-3H,4-5H2,(H2,12,16)(H2,13,14). The van der Waals surface area contributed by atoms with Crippen LogP contribution in [0.4, 0.5) is 10.3 Å². The van der Waals surface area contributed by atoms with E-state index in [-0.39, 0.29) is 17.9 Å². The van der Waals surface area contributed by atoms with Gasteiger partial charge < -0.3 is 16.0 Å². The number of primary amides is 1. The highest BCUT2D eigenvalue weighted by Crippen LogP contribution is 2.20. The van der Waals surface area contributed by atoms with Crippen molar-refractivity contribution in [1.29, 1.82) is 0 Å². The Balaban J connectivity index is 2.48. The number of imidazole rings is 1. The van der Waals surface area contributed by atoms with Crippen LogP contribution in [0.5, 0.6) is 0 Å². The third-order valence-corrected chi connectivity index (χ3v) is 2.34. The lowest BCUT2D eigenvalue weighted by atomic mass is 10.3. The summed E-state index contributed by atoms with van der Waals surface area (Å²) >= 11 is 0. The monoisotopic (exact) mass is 222 g/mol. The minimum Gasteiger partial charge on any atom is -0.370 e. The number of rotatable bonds is 3. The van der Waals surface area contributed by atoms with Crippen molar-refractivity contribution in [1.82, 2.24) is 9.55 Å². The lowest BCUT2D eigenvalue weighted by Gasteiger charge is -2.03. The number of carbonyl (C=O) groups is 1. The maximum atomic E-state index is 13.4. The molecule has 1 aromatic heterocycles. The second-order valence-corrected chi connectivity index (χ2v) is 3.45. The topological polar surface area (TPSA) is 86.9 Å². The van der Waals surface area contributed by atoms with Gasteiger partial charge in [0.25, 0.3) is 0 Å². The van der Waals surface area contributed by atoms with Crippen molar-refractivity contribution in [3.63, 3.8) is 0 Å². The SMILES string of the molecule is NC(=O)CCn1c(N)nc2c(F)cccc21. The highest BCUT2D eigenvalue weighted by molar-refractivity contribution is 5.79. The van der Waals surface area contributed by atoms with Gasteiger partial charge >= 0.3 is 0 Å². The number of para-hydroxylation sites is 1. The molecule has 0 radical (unpaired) electrons. The average molecular weight is 222 g/mol. The van der Waals surface area contributed by atoms with Crippen LogP contribution in [0, 0.1) is 5.82 Å². The first-order chi connectivity index (χ1) is 7.59. The number of benzene rings is 1. The van der Waals surface area contributed by atoms with Crippen molar-refractivity contribution >= 4 is 22.9 Å². The van der Waals surface area contributed by atoms with Crippen LogP contribution in [0.3, 0.4) is 0 Å². The van der Waals surface area contributed by atoms with E-state index in [0.717, 1.165) is 0 Å². The van der Waals surface area contributed by atoms with Crippen LogP contribution in [-0.4, -0.2) is 15.5 Å². The molecule has 16 heavy (non-hydrogen) atoms. The Bertz CT molecular complexity index is 549. The molecule has 0 saturated heterocycles. The van der Waals surface area contributed by atoms with Gasteiger partial charge in [0.1, 0.15) is 5.52 Å². The van der Waals surface area contributed by atoms with E-state index in [9.17, 15) is 9.18 Å². The van der Waals surface area contributed by atoms with Crippen LogP contribution in [0.2, 0.25) is 0 Å². The third kappa shape index (κ3) is 1.69. The Hall–Kier alpha value is -2.11. The molecule has 0 aliphatic carbocycles.